The average Bonchev–Trinajstić information content (AvgIpc) is 3.17. The summed E-state index contributed by atoms with van der Waals surface area (Å²) in [5.74, 6) is -0.341. The molecule has 0 saturated carbocycles. The maximum absolute atomic E-state index is 13.0. The fourth-order valence-corrected chi connectivity index (χ4v) is 3.92. The molecule has 1 heterocycles. The molecular weight excluding hydrogens is 472 g/mol. The third-order valence-electron chi connectivity index (χ3n) is 5.58. The number of carbonyl (C=O) groups excluding carboxylic acids is 2. The molecule has 4 rings (SSSR count). The SMILES string of the molecule is CC(C)(C)OC(=O)NCCc1ccc(N/C(=C2\C(=O)Nc3ccc([N+](=O)[O-])cc32)c2ccccc2)cc1. The number of amides is 2. The van der Waals surface area contributed by atoms with Gasteiger partial charge in [0.2, 0.25) is 0 Å². The highest BCUT2D eigenvalue weighted by Gasteiger charge is 2.30. The van der Waals surface area contributed by atoms with Crippen molar-refractivity contribution in [2.75, 3.05) is 17.2 Å². The molecule has 37 heavy (non-hydrogen) atoms. The number of rotatable bonds is 7. The van der Waals surface area contributed by atoms with Gasteiger partial charge in [-0.2, -0.15) is 0 Å². The summed E-state index contributed by atoms with van der Waals surface area (Å²) >= 11 is 0. The van der Waals surface area contributed by atoms with E-state index in [9.17, 15) is 19.7 Å². The molecule has 0 unspecified atom stereocenters. The topological polar surface area (TPSA) is 123 Å². The minimum atomic E-state index is -0.552. The summed E-state index contributed by atoms with van der Waals surface area (Å²) in [7, 11) is 0. The van der Waals surface area contributed by atoms with Gasteiger partial charge in [-0.15, -0.1) is 0 Å². The fraction of sp³-hybridized carbons (Fsp3) is 0.214. The molecular formula is C28H28N4O5. The second-order valence-electron chi connectivity index (χ2n) is 9.56. The third kappa shape index (κ3) is 6.32. The summed E-state index contributed by atoms with van der Waals surface area (Å²) in [4.78, 5) is 35.7. The predicted molar refractivity (Wildman–Crippen MR) is 143 cm³/mol. The molecule has 0 aromatic heterocycles. The number of alkyl carbamates (subject to hydrolysis) is 1. The first-order chi connectivity index (χ1) is 17.6. The van der Waals surface area contributed by atoms with Gasteiger partial charge in [0, 0.05) is 35.6 Å². The monoisotopic (exact) mass is 500 g/mol. The standard InChI is InChI=1S/C28H28N4O5/c1-28(2,3)37-27(34)29-16-15-18-9-11-20(12-10-18)30-25(19-7-5-4-6-8-19)24-22-17-21(32(35)36)13-14-23(22)31-26(24)33/h4-14,17,30H,15-16H2,1-3H3,(H,29,34)(H,31,33)/b25-24-. The Morgan fingerprint density at radius 3 is 2.38 bits per heavy atom. The van der Waals surface area contributed by atoms with Gasteiger partial charge in [0.1, 0.15) is 5.60 Å². The quantitative estimate of drug-likeness (QED) is 0.221. The van der Waals surface area contributed by atoms with Gasteiger partial charge < -0.3 is 20.7 Å². The van der Waals surface area contributed by atoms with E-state index in [0.29, 0.717) is 35.5 Å². The molecule has 3 aromatic carbocycles. The van der Waals surface area contributed by atoms with Gasteiger partial charge in [-0.1, -0.05) is 42.5 Å². The molecule has 190 valence electrons. The van der Waals surface area contributed by atoms with Gasteiger partial charge in [-0.05, 0) is 56.5 Å². The zero-order valence-electron chi connectivity index (χ0n) is 20.8. The fourth-order valence-electron chi connectivity index (χ4n) is 3.92. The van der Waals surface area contributed by atoms with Crippen molar-refractivity contribution in [3.8, 4) is 0 Å². The number of nitrogens with zero attached hydrogens (tertiary/aromatic N) is 1. The van der Waals surface area contributed by atoms with Crippen molar-refractivity contribution in [3.05, 3.63) is 99.6 Å². The first-order valence-corrected chi connectivity index (χ1v) is 11.8. The second kappa shape index (κ2) is 10.5. The highest BCUT2D eigenvalue weighted by atomic mass is 16.6. The van der Waals surface area contributed by atoms with Crippen LogP contribution in [0.2, 0.25) is 0 Å². The number of benzene rings is 3. The van der Waals surface area contributed by atoms with Gasteiger partial charge in [0.15, 0.2) is 0 Å². The second-order valence-corrected chi connectivity index (χ2v) is 9.56. The Morgan fingerprint density at radius 2 is 1.73 bits per heavy atom. The maximum atomic E-state index is 13.0. The first-order valence-electron chi connectivity index (χ1n) is 11.8. The summed E-state index contributed by atoms with van der Waals surface area (Å²) in [5.41, 5.74) is 3.72. The first kappa shape index (κ1) is 25.4. The van der Waals surface area contributed by atoms with E-state index >= 15 is 0 Å². The van der Waals surface area contributed by atoms with Crippen molar-refractivity contribution < 1.29 is 19.2 Å². The van der Waals surface area contributed by atoms with Crippen molar-refractivity contribution in [1.82, 2.24) is 5.32 Å². The molecule has 1 aliphatic heterocycles. The number of hydrogen-bond acceptors (Lipinski definition) is 6. The number of nitrogens with one attached hydrogen (secondary N) is 3. The number of nitro groups is 1. The van der Waals surface area contributed by atoms with Crippen LogP contribution in [0.25, 0.3) is 11.3 Å². The lowest BCUT2D eigenvalue weighted by molar-refractivity contribution is -0.384. The molecule has 0 bridgehead atoms. The summed E-state index contributed by atoms with van der Waals surface area (Å²) < 4.78 is 5.25. The zero-order valence-corrected chi connectivity index (χ0v) is 20.8. The zero-order chi connectivity index (χ0) is 26.6. The Balaban J connectivity index is 1.58. The Labute approximate surface area is 214 Å². The molecule has 3 N–H and O–H groups in total. The van der Waals surface area contributed by atoms with Crippen molar-refractivity contribution >= 4 is 40.3 Å². The van der Waals surface area contributed by atoms with Crippen molar-refractivity contribution in [2.24, 2.45) is 0 Å². The Morgan fingerprint density at radius 1 is 1.03 bits per heavy atom. The third-order valence-corrected chi connectivity index (χ3v) is 5.58. The van der Waals surface area contributed by atoms with Crippen LogP contribution in [0, 0.1) is 10.1 Å². The van der Waals surface area contributed by atoms with E-state index < -0.39 is 16.6 Å². The minimum absolute atomic E-state index is 0.0931. The molecule has 0 saturated heterocycles. The van der Waals surface area contributed by atoms with Crippen LogP contribution in [0.5, 0.6) is 0 Å². The summed E-state index contributed by atoms with van der Waals surface area (Å²) in [5, 5.41) is 20.3. The van der Waals surface area contributed by atoms with Crippen LogP contribution in [0.1, 0.15) is 37.5 Å². The molecule has 0 fully saturated rings. The average molecular weight is 501 g/mol. The van der Waals surface area contributed by atoms with Crippen molar-refractivity contribution in [3.63, 3.8) is 0 Å². The van der Waals surface area contributed by atoms with Crippen LogP contribution in [0.3, 0.4) is 0 Å². The van der Waals surface area contributed by atoms with E-state index in [2.05, 4.69) is 16.0 Å². The van der Waals surface area contributed by atoms with Crippen LogP contribution < -0.4 is 16.0 Å². The number of hydrogen-bond donors (Lipinski definition) is 3. The molecule has 0 spiro atoms. The van der Waals surface area contributed by atoms with Gasteiger partial charge in [0.25, 0.3) is 11.6 Å². The summed E-state index contributed by atoms with van der Waals surface area (Å²) in [6.45, 7) is 5.86. The van der Waals surface area contributed by atoms with Gasteiger partial charge in [-0.25, -0.2) is 4.79 Å². The Bertz CT molecular complexity index is 1360. The largest absolute Gasteiger partial charge is 0.444 e. The lowest BCUT2D eigenvalue weighted by Gasteiger charge is -2.19. The Hall–Kier alpha value is -4.66. The number of nitro benzene ring substituents is 1. The summed E-state index contributed by atoms with van der Waals surface area (Å²) in [6.07, 6.45) is 0.159. The summed E-state index contributed by atoms with van der Waals surface area (Å²) in [6, 6.07) is 21.3. The van der Waals surface area contributed by atoms with Crippen LogP contribution in [0.15, 0.2) is 72.8 Å². The molecule has 1 aliphatic rings. The molecule has 9 heteroatoms. The maximum Gasteiger partial charge on any atom is 0.407 e. The lowest BCUT2D eigenvalue weighted by Crippen LogP contribution is -2.33. The van der Waals surface area contributed by atoms with Gasteiger partial charge in [-0.3, -0.25) is 14.9 Å². The van der Waals surface area contributed by atoms with E-state index in [1.54, 1.807) is 6.07 Å². The molecule has 2 amide bonds. The number of fused-ring (bicyclic) bond motifs is 1. The molecule has 0 atom stereocenters. The number of non-ortho nitro benzene ring substituents is 1. The highest BCUT2D eigenvalue weighted by molar-refractivity contribution is 6.37. The van der Waals surface area contributed by atoms with E-state index in [1.165, 1.54) is 12.1 Å². The van der Waals surface area contributed by atoms with E-state index in [1.807, 2.05) is 75.4 Å². The molecule has 9 nitrogen and oxygen atoms in total. The smallest absolute Gasteiger partial charge is 0.407 e. The lowest BCUT2D eigenvalue weighted by atomic mass is 9.99. The van der Waals surface area contributed by atoms with Crippen LogP contribution in [0.4, 0.5) is 21.9 Å². The van der Waals surface area contributed by atoms with Crippen molar-refractivity contribution in [1.29, 1.82) is 0 Å². The van der Waals surface area contributed by atoms with Crippen molar-refractivity contribution in [2.45, 2.75) is 32.8 Å². The number of ether oxygens (including phenoxy) is 1. The van der Waals surface area contributed by atoms with Gasteiger partial charge in [0.05, 0.1) is 16.2 Å². The number of anilines is 2. The van der Waals surface area contributed by atoms with E-state index in [4.69, 9.17) is 4.74 Å². The highest BCUT2D eigenvalue weighted by Crippen LogP contribution is 2.39. The molecule has 3 aromatic rings. The Kier molecular flexibility index (Phi) is 7.24. The van der Waals surface area contributed by atoms with Crippen LogP contribution >= 0.6 is 0 Å². The van der Waals surface area contributed by atoms with Crippen LogP contribution in [-0.4, -0.2) is 29.1 Å². The van der Waals surface area contributed by atoms with E-state index in [0.717, 1.165) is 16.8 Å². The molecule has 0 aliphatic carbocycles. The normalized spacial score (nSPS) is 13.9. The molecule has 0 radical (unpaired) electrons. The van der Waals surface area contributed by atoms with E-state index in [-0.39, 0.29) is 11.6 Å². The number of carbonyl (C=O) groups is 2. The minimum Gasteiger partial charge on any atom is -0.444 e. The van der Waals surface area contributed by atoms with Gasteiger partial charge >= 0.3 is 6.09 Å². The predicted octanol–water partition coefficient (Wildman–Crippen LogP) is 5.59. The van der Waals surface area contributed by atoms with Crippen LogP contribution in [-0.2, 0) is 16.0 Å².